The van der Waals surface area contributed by atoms with Crippen LogP contribution < -0.4 is 10.6 Å². The van der Waals surface area contributed by atoms with Crippen LogP contribution in [0.3, 0.4) is 0 Å². The average molecular weight is 457 g/mol. The summed E-state index contributed by atoms with van der Waals surface area (Å²) in [5.74, 6) is 0.426. The molecule has 31 heavy (non-hydrogen) atoms. The molecule has 2 saturated heterocycles. The van der Waals surface area contributed by atoms with Crippen LogP contribution in [-0.4, -0.2) is 36.5 Å². The minimum atomic E-state index is 0.0394. The minimum Gasteiger partial charge on any atom is -0.313 e. The van der Waals surface area contributed by atoms with Gasteiger partial charge >= 0.3 is 0 Å². The molecule has 2 heterocycles. The number of allylic oxidation sites excluding steroid dienone is 3. The third-order valence-electron chi connectivity index (χ3n) is 7.71. The smallest absolute Gasteiger partial charge is 0.0373 e. The van der Waals surface area contributed by atoms with E-state index in [4.69, 9.17) is 0 Å². The molecule has 1 aromatic carbocycles. The highest BCUT2D eigenvalue weighted by atomic mass is 31.0. The predicted octanol–water partition coefficient (Wildman–Crippen LogP) is 5.82. The number of rotatable bonds is 5. The van der Waals surface area contributed by atoms with E-state index in [0.29, 0.717) is 18.0 Å². The summed E-state index contributed by atoms with van der Waals surface area (Å²) in [6, 6.07) is 12.1. The molecule has 2 N–H and O–H groups in total. The van der Waals surface area contributed by atoms with Gasteiger partial charge in [-0.3, -0.25) is 0 Å². The van der Waals surface area contributed by atoms with Crippen LogP contribution in [0.2, 0.25) is 0 Å². The second kappa shape index (κ2) is 9.77. The van der Waals surface area contributed by atoms with Crippen molar-refractivity contribution in [2.75, 3.05) is 19.3 Å². The predicted molar refractivity (Wildman–Crippen MR) is 143 cm³/mol. The molecule has 3 aliphatic rings. The zero-order valence-electron chi connectivity index (χ0n) is 19.7. The van der Waals surface area contributed by atoms with E-state index in [9.17, 15) is 0 Å². The maximum atomic E-state index is 3.98. The molecule has 5 unspecified atom stereocenters. The molecule has 0 aromatic heterocycles. The highest BCUT2D eigenvalue weighted by molar-refractivity contribution is 7.20. The first kappa shape index (κ1) is 23.6. The van der Waals surface area contributed by atoms with Crippen molar-refractivity contribution >= 4 is 24.1 Å². The molecular formula is C27H42N2P2. The standard InChI is InChI=1S/C27H42N2P2/c1-26(2,3)25-21(19-11-5-4-6-12-19)17-20(18-30)24(25)27(31,22-13-7-9-15-28-22)23-14-8-10-16-29-23/h4-6,11-12,17,22-23,25,28-29H,7-10,13-16,18,30-31H2,1-3H3. The molecule has 2 nitrogen and oxygen atoms in total. The summed E-state index contributed by atoms with van der Waals surface area (Å²) < 4.78 is 0. The third-order valence-corrected chi connectivity index (χ3v) is 9.26. The van der Waals surface area contributed by atoms with Gasteiger partial charge in [0.2, 0.25) is 0 Å². The summed E-state index contributed by atoms with van der Waals surface area (Å²) in [5, 5.41) is 8.00. The zero-order chi connectivity index (χ0) is 22.1. The first-order valence-electron chi connectivity index (χ1n) is 12.3. The number of benzene rings is 1. The fourth-order valence-corrected chi connectivity index (χ4v) is 7.56. The van der Waals surface area contributed by atoms with Crippen LogP contribution in [0.4, 0.5) is 0 Å². The number of hydrogen-bond acceptors (Lipinski definition) is 2. The molecule has 0 bridgehead atoms. The Morgan fingerprint density at radius 2 is 1.48 bits per heavy atom. The topological polar surface area (TPSA) is 24.1 Å². The summed E-state index contributed by atoms with van der Waals surface area (Å²) in [7, 11) is 6.50. The lowest BCUT2D eigenvalue weighted by Crippen LogP contribution is -2.62. The Kier molecular flexibility index (Phi) is 7.45. The van der Waals surface area contributed by atoms with Crippen LogP contribution in [-0.2, 0) is 0 Å². The van der Waals surface area contributed by atoms with Crippen LogP contribution in [0, 0.1) is 11.3 Å². The lowest BCUT2D eigenvalue weighted by molar-refractivity contribution is 0.233. The maximum Gasteiger partial charge on any atom is 0.0373 e. The molecular weight excluding hydrogens is 414 g/mol. The third kappa shape index (κ3) is 4.61. The molecule has 4 rings (SSSR count). The van der Waals surface area contributed by atoms with Crippen molar-refractivity contribution in [2.45, 2.75) is 76.5 Å². The van der Waals surface area contributed by atoms with Crippen molar-refractivity contribution in [3.63, 3.8) is 0 Å². The van der Waals surface area contributed by atoms with Crippen LogP contribution in [0.1, 0.15) is 64.9 Å². The van der Waals surface area contributed by atoms with E-state index < -0.39 is 0 Å². The largest absolute Gasteiger partial charge is 0.313 e. The highest BCUT2D eigenvalue weighted by Gasteiger charge is 2.52. The number of nitrogens with one attached hydrogen (secondary N) is 2. The van der Waals surface area contributed by atoms with E-state index in [0.717, 1.165) is 19.3 Å². The number of piperidine rings is 2. The Labute approximate surface area is 194 Å². The van der Waals surface area contributed by atoms with Crippen LogP contribution in [0.15, 0.2) is 47.6 Å². The molecule has 5 atom stereocenters. The molecule has 0 saturated carbocycles. The SMILES string of the molecule is CC(C)(C)C1C(c2ccccc2)=CC(CP)=C1C(P)(C1CCCCN1)C1CCCCN1. The van der Waals surface area contributed by atoms with E-state index in [1.54, 1.807) is 11.1 Å². The highest BCUT2D eigenvalue weighted by Crippen LogP contribution is 2.56. The Hall–Kier alpha value is -0.520. The molecule has 2 aliphatic heterocycles. The summed E-state index contributed by atoms with van der Waals surface area (Å²) in [6.45, 7) is 9.61. The average Bonchev–Trinajstić information content (AvgIpc) is 3.21. The van der Waals surface area contributed by atoms with Crippen molar-refractivity contribution in [3.05, 3.63) is 53.1 Å². The molecule has 0 spiro atoms. The van der Waals surface area contributed by atoms with Crippen molar-refractivity contribution in [1.29, 1.82) is 0 Å². The molecule has 1 aliphatic carbocycles. The summed E-state index contributed by atoms with van der Waals surface area (Å²) in [5.41, 5.74) is 6.27. The molecule has 170 valence electrons. The maximum absolute atomic E-state index is 3.98. The van der Waals surface area contributed by atoms with E-state index in [1.807, 2.05) is 0 Å². The van der Waals surface area contributed by atoms with Gasteiger partial charge in [-0.1, -0.05) is 70.0 Å². The molecule has 4 heteroatoms. The van der Waals surface area contributed by atoms with Gasteiger partial charge in [0.15, 0.2) is 0 Å². The second-order valence-electron chi connectivity index (χ2n) is 10.8. The van der Waals surface area contributed by atoms with Crippen LogP contribution >= 0.6 is 18.5 Å². The van der Waals surface area contributed by atoms with Crippen LogP contribution in [0.25, 0.3) is 5.57 Å². The fourth-order valence-electron chi connectivity index (χ4n) is 6.30. The molecule has 0 amide bonds. The van der Waals surface area contributed by atoms with Gasteiger partial charge in [0.25, 0.3) is 0 Å². The van der Waals surface area contributed by atoms with Crippen LogP contribution in [0.5, 0.6) is 0 Å². The van der Waals surface area contributed by atoms with Crippen molar-refractivity contribution < 1.29 is 0 Å². The molecule has 0 radical (unpaired) electrons. The van der Waals surface area contributed by atoms with Gasteiger partial charge in [0.1, 0.15) is 0 Å². The van der Waals surface area contributed by atoms with Gasteiger partial charge in [-0.25, -0.2) is 0 Å². The summed E-state index contributed by atoms with van der Waals surface area (Å²) in [6.07, 6.45) is 11.4. The van der Waals surface area contributed by atoms with Crippen molar-refractivity contribution in [1.82, 2.24) is 10.6 Å². The Bertz CT molecular complexity index is 791. The zero-order valence-corrected chi connectivity index (χ0v) is 22.0. The first-order chi connectivity index (χ1) is 14.9. The Balaban J connectivity index is 1.85. The van der Waals surface area contributed by atoms with Crippen molar-refractivity contribution in [2.24, 2.45) is 11.3 Å². The fraction of sp³-hybridized carbons (Fsp3) is 0.630. The van der Waals surface area contributed by atoms with Gasteiger partial charge < -0.3 is 10.6 Å². The van der Waals surface area contributed by atoms with Gasteiger partial charge in [-0.05, 0) is 72.6 Å². The lowest BCUT2D eigenvalue weighted by Gasteiger charge is -2.52. The Morgan fingerprint density at radius 3 is 1.94 bits per heavy atom. The van der Waals surface area contributed by atoms with Gasteiger partial charge in [-0.2, -0.15) is 0 Å². The Morgan fingerprint density at radius 1 is 0.903 bits per heavy atom. The van der Waals surface area contributed by atoms with E-state index in [1.165, 1.54) is 49.7 Å². The summed E-state index contributed by atoms with van der Waals surface area (Å²) in [4.78, 5) is 0. The van der Waals surface area contributed by atoms with Gasteiger partial charge in [0.05, 0.1) is 0 Å². The normalized spacial score (nSPS) is 29.6. The van der Waals surface area contributed by atoms with E-state index >= 15 is 0 Å². The molecule has 2 fully saturated rings. The summed E-state index contributed by atoms with van der Waals surface area (Å²) >= 11 is 0. The first-order valence-corrected chi connectivity index (χ1v) is 13.7. The molecule has 1 aromatic rings. The van der Waals surface area contributed by atoms with Gasteiger partial charge in [-0.15, -0.1) is 18.5 Å². The monoisotopic (exact) mass is 456 g/mol. The number of hydrogen-bond donors (Lipinski definition) is 2. The lowest BCUT2D eigenvalue weighted by atomic mass is 9.64. The van der Waals surface area contributed by atoms with E-state index in [-0.39, 0.29) is 10.6 Å². The quantitative estimate of drug-likeness (QED) is 0.546. The van der Waals surface area contributed by atoms with Gasteiger partial charge in [0, 0.05) is 23.2 Å². The second-order valence-corrected chi connectivity index (χ2v) is 12.2. The van der Waals surface area contributed by atoms with Crippen molar-refractivity contribution in [3.8, 4) is 0 Å². The van der Waals surface area contributed by atoms with E-state index in [2.05, 4.69) is 86.3 Å². The minimum absolute atomic E-state index is 0.0394.